The maximum absolute atomic E-state index is 5.89. The molecule has 3 aliphatic rings. The summed E-state index contributed by atoms with van der Waals surface area (Å²) < 4.78 is 5.89. The van der Waals surface area contributed by atoms with E-state index in [2.05, 4.69) is 15.2 Å². The Kier molecular flexibility index (Phi) is 1.39. The van der Waals surface area contributed by atoms with Crippen LogP contribution in [0.15, 0.2) is 4.99 Å². The number of amidine groups is 1. The fraction of sp³-hybridized carbons (Fsp3) is 0.889. The second kappa shape index (κ2) is 2.38. The van der Waals surface area contributed by atoms with Gasteiger partial charge in [-0.1, -0.05) is 0 Å². The van der Waals surface area contributed by atoms with Gasteiger partial charge in [0, 0.05) is 26.1 Å². The molecule has 0 aromatic rings. The lowest BCUT2D eigenvalue weighted by molar-refractivity contribution is 0.0412. The predicted molar refractivity (Wildman–Crippen MR) is 49.7 cm³/mol. The van der Waals surface area contributed by atoms with Crippen molar-refractivity contribution in [2.45, 2.75) is 12.0 Å². The maximum Gasteiger partial charge on any atom is 0.285 e. The van der Waals surface area contributed by atoms with Crippen LogP contribution < -0.4 is 5.32 Å². The molecule has 0 aromatic carbocycles. The number of piperidine rings is 1. The van der Waals surface area contributed by atoms with E-state index in [4.69, 9.17) is 4.74 Å². The van der Waals surface area contributed by atoms with E-state index in [1.54, 1.807) is 7.05 Å². The number of hydrogen-bond acceptors (Lipinski definition) is 3. The van der Waals surface area contributed by atoms with Crippen molar-refractivity contribution in [2.75, 3.05) is 33.2 Å². The van der Waals surface area contributed by atoms with Crippen LogP contribution >= 0.6 is 0 Å². The van der Waals surface area contributed by atoms with Crippen molar-refractivity contribution in [1.29, 1.82) is 0 Å². The van der Waals surface area contributed by atoms with Crippen LogP contribution in [-0.2, 0) is 4.74 Å². The molecule has 3 aliphatic heterocycles. The van der Waals surface area contributed by atoms with Crippen LogP contribution in [0, 0.1) is 5.92 Å². The zero-order valence-corrected chi connectivity index (χ0v) is 7.92. The molecule has 4 nitrogen and oxygen atoms in total. The summed E-state index contributed by atoms with van der Waals surface area (Å²) in [5.74, 6) is 0.722. The second-order valence-corrected chi connectivity index (χ2v) is 4.27. The van der Waals surface area contributed by atoms with E-state index in [9.17, 15) is 0 Å². The number of rotatable bonds is 0. The first-order chi connectivity index (χ1) is 6.32. The van der Waals surface area contributed by atoms with Gasteiger partial charge in [-0.25, -0.2) is 4.99 Å². The number of nitrogens with zero attached hydrogens (tertiary/aromatic N) is 2. The van der Waals surface area contributed by atoms with Gasteiger partial charge in [0.15, 0.2) is 0 Å². The van der Waals surface area contributed by atoms with Crippen LogP contribution in [0.5, 0.6) is 0 Å². The summed E-state index contributed by atoms with van der Waals surface area (Å²) in [5, 5.41) is 3.22. The smallest absolute Gasteiger partial charge is 0.285 e. The van der Waals surface area contributed by atoms with E-state index in [1.807, 2.05) is 0 Å². The fourth-order valence-electron chi connectivity index (χ4n) is 2.84. The van der Waals surface area contributed by atoms with Crippen molar-refractivity contribution in [3.63, 3.8) is 0 Å². The summed E-state index contributed by atoms with van der Waals surface area (Å²) in [6, 6.07) is 0.730. The summed E-state index contributed by atoms with van der Waals surface area (Å²) in [7, 11) is 1.77. The molecule has 0 radical (unpaired) electrons. The Morgan fingerprint density at radius 2 is 2.62 bits per heavy atom. The van der Waals surface area contributed by atoms with E-state index < -0.39 is 0 Å². The number of aliphatic imine (C=N–C) groups is 1. The number of nitrogens with one attached hydrogen (secondary N) is 1. The third kappa shape index (κ3) is 0.921. The molecule has 4 heteroatoms. The monoisotopic (exact) mass is 181 g/mol. The van der Waals surface area contributed by atoms with Crippen LogP contribution in [0.3, 0.4) is 0 Å². The highest BCUT2D eigenvalue weighted by Gasteiger charge is 2.55. The van der Waals surface area contributed by atoms with Crippen molar-refractivity contribution < 1.29 is 4.74 Å². The van der Waals surface area contributed by atoms with Crippen molar-refractivity contribution in [2.24, 2.45) is 10.9 Å². The normalized spacial score (nSPS) is 50.1. The van der Waals surface area contributed by atoms with Gasteiger partial charge in [-0.2, -0.15) is 0 Å². The van der Waals surface area contributed by atoms with Gasteiger partial charge >= 0.3 is 0 Å². The lowest BCUT2D eigenvalue weighted by atomic mass is 9.88. The molecule has 0 aromatic heterocycles. The summed E-state index contributed by atoms with van der Waals surface area (Å²) in [6.45, 7) is 4.51. The predicted octanol–water partition coefficient (Wildman–Crippen LogP) is -0.334. The van der Waals surface area contributed by atoms with Crippen LogP contribution in [0.2, 0.25) is 0 Å². The highest BCUT2D eigenvalue weighted by atomic mass is 16.5. The van der Waals surface area contributed by atoms with Crippen molar-refractivity contribution in [1.82, 2.24) is 10.2 Å². The van der Waals surface area contributed by atoms with Gasteiger partial charge in [0.1, 0.15) is 5.60 Å². The minimum absolute atomic E-state index is 0.0626. The molecule has 72 valence electrons. The van der Waals surface area contributed by atoms with Crippen LogP contribution in [0.25, 0.3) is 0 Å². The molecule has 13 heavy (non-hydrogen) atoms. The Balaban J connectivity index is 1.84. The fourth-order valence-corrected chi connectivity index (χ4v) is 2.84. The summed E-state index contributed by atoms with van der Waals surface area (Å²) in [4.78, 5) is 6.55. The molecule has 0 amide bonds. The molecule has 3 rings (SSSR count). The van der Waals surface area contributed by atoms with E-state index in [0.29, 0.717) is 0 Å². The largest absolute Gasteiger partial charge is 0.455 e. The van der Waals surface area contributed by atoms with Gasteiger partial charge in [0.2, 0.25) is 0 Å². The minimum Gasteiger partial charge on any atom is -0.455 e. The molecule has 1 spiro atoms. The Morgan fingerprint density at radius 3 is 3.15 bits per heavy atom. The molecule has 0 aliphatic carbocycles. The van der Waals surface area contributed by atoms with Gasteiger partial charge in [-0.15, -0.1) is 0 Å². The molecule has 3 atom stereocenters. The molecule has 2 bridgehead atoms. The molecule has 0 saturated carbocycles. The molecular weight excluding hydrogens is 166 g/mol. The lowest BCUT2D eigenvalue weighted by Crippen LogP contribution is -2.45. The van der Waals surface area contributed by atoms with Gasteiger partial charge in [0.25, 0.3) is 6.02 Å². The average molecular weight is 181 g/mol. The Bertz CT molecular complexity index is 266. The zero-order chi connectivity index (χ0) is 8.89. The molecule has 3 fully saturated rings. The van der Waals surface area contributed by atoms with Crippen molar-refractivity contribution in [3.8, 4) is 0 Å². The van der Waals surface area contributed by atoms with Gasteiger partial charge < -0.3 is 10.1 Å². The standard InChI is InChI=1S/C9H15N3O/c1-10-8-11-5-9(13-8)6-12-3-2-7(9)4-12/h7H,2-6H2,1H3,(H,10,11)/t7-,9-/m0/s1. The highest BCUT2D eigenvalue weighted by molar-refractivity contribution is 5.76. The highest BCUT2D eigenvalue weighted by Crippen LogP contribution is 2.40. The molecular formula is C9H15N3O. The molecule has 1 N–H and O–H groups in total. The quantitative estimate of drug-likeness (QED) is 0.556. The number of fused-ring (bicyclic) bond motifs is 3. The first-order valence-corrected chi connectivity index (χ1v) is 4.94. The third-order valence-corrected chi connectivity index (χ3v) is 3.55. The topological polar surface area (TPSA) is 36.9 Å². The van der Waals surface area contributed by atoms with Crippen LogP contribution in [0.1, 0.15) is 6.42 Å². The van der Waals surface area contributed by atoms with E-state index in [1.165, 1.54) is 19.5 Å². The van der Waals surface area contributed by atoms with Gasteiger partial charge in [0.05, 0.1) is 6.54 Å². The van der Waals surface area contributed by atoms with Gasteiger partial charge in [-0.3, -0.25) is 4.90 Å². The minimum atomic E-state index is 0.0626. The molecule has 1 unspecified atom stereocenters. The summed E-state index contributed by atoms with van der Waals surface area (Å²) >= 11 is 0. The second-order valence-electron chi connectivity index (χ2n) is 4.27. The lowest BCUT2D eigenvalue weighted by Gasteiger charge is -2.30. The van der Waals surface area contributed by atoms with E-state index in [0.717, 1.165) is 25.0 Å². The summed E-state index contributed by atoms with van der Waals surface area (Å²) in [6.07, 6.45) is 1.29. The van der Waals surface area contributed by atoms with E-state index in [-0.39, 0.29) is 5.60 Å². The first kappa shape index (κ1) is 7.62. The Morgan fingerprint density at radius 1 is 1.69 bits per heavy atom. The van der Waals surface area contributed by atoms with Crippen LogP contribution in [0.4, 0.5) is 0 Å². The molecule has 3 saturated heterocycles. The Hall–Kier alpha value is -0.770. The van der Waals surface area contributed by atoms with Crippen molar-refractivity contribution >= 4 is 6.02 Å². The summed E-state index contributed by atoms with van der Waals surface area (Å²) in [5.41, 5.74) is 0.0626. The number of ether oxygens (including phenoxy) is 1. The maximum atomic E-state index is 5.89. The SMILES string of the molecule is CN=C1NC[C@@]2(CN3CC[C@H]2C3)O1. The Labute approximate surface area is 78.0 Å². The number of hydrogen-bond donors (Lipinski definition) is 1. The first-order valence-electron chi connectivity index (χ1n) is 4.94. The molecule has 3 heterocycles. The van der Waals surface area contributed by atoms with E-state index >= 15 is 0 Å². The third-order valence-electron chi connectivity index (χ3n) is 3.55. The average Bonchev–Trinajstić information content (AvgIpc) is 2.80. The van der Waals surface area contributed by atoms with Crippen LogP contribution in [-0.4, -0.2) is 49.7 Å². The van der Waals surface area contributed by atoms with Gasteiger partial charge in [-0.05, 0) is 13.0 Å². The van der Waals surface area contributed by atoms with Crippen molar-refractivity contribution in [3.05, 3.63) is 0 Å². The zero-order valence-electron chi connectivity index (χ0n) is 7.92.